The van der Waals surface area contributed by atoms with Gasteiger partial charge in [0.15, 0.2) is 0 Å². The molecule has 0 aromatic rings. The lowest BCUT2D eigenvalue weighted by atomic mass is 10.1. The molecule has 0 aromatic heterocycles. The molecule has 2 unspecified atom stereocenters. The summed E-state index contributed by atoms with van der Waals surface area (Å²) in [6.07, 6.45) is 1.16. The molecule has 1 aliphatic heterocycles. The second kappa shape index (κ2) is 6.73. The minimum absolute atomic E-state index is 0.0827. The highest BCUT2D eigenvalue weighted by Gasteiger charge is 2.27. The first-order valence-electron chi connectivity index (χ1n) is 6.65. The van der Waals surface area contributed by atoms with Crippen molar-refractivity contribution in [2.75, 3.05) is 13.1 Å². The molecule has 112 valence electrons. The lowest BCUT2D eigenvalue weighted by Gasteiger charge is -2.35. The number of amides is 1. The molecule has 19 heavy (non-hydrogen) atoms. The monoisotopic (exact) mass is 292 g/mol. The number of ether oxygens (including phenoxy) is 1. The van der Waals surface area contributed by atoms with Crippen LogP contribution in [0.25, 0.3) is 0 Å². The normalized spacial score (nSPS) is 21.7. The summed E-state index contributed by atoms with van der Waals surface area (Å²) in [5.74, 6) is -0.285. The number of carbonyl (C=O) groups excluding carboxylic acids is 1. The van der Waals surface area contributed by atoms with Crippen LogP contribution in [0.4, 0.5) is 4.79 Å². The Hall–Kier alpha value is -0.580. The van der Waals surface area contributed by atoms with Crippen molar-refractivity contribution >= 4 is 14.1 Å². The Morgan fingerprint density at radius 2 is 1.95 bits per heavy atom. The molecule has 0 saturated carbocycles. The summed E-state index contributed by atoms with van der Waals surface area (Å²) >= 11 is 0. The molecule has 7 heteroatoms. The Balaban J connectivity index is 2.34. The van der Waals surface area contributed by atoms with Gasteiger partial charge in [0.25, 0.3) is 0 Å². The number of alkyl carbamates (subject to hydrolysis) is 1. The first-order chi connectivity index (χ1) is 8.69. The molecule has 6 nitrogen and oxygen atoms in total. The summed E-state index contributed by atoms with van der Waals surface area (Å²) in [6.45, 7) is 8.70. The second-order valence-electron chi connectivity index (χ2n) is 5.97. The lowest BCUT2D eigenvalue weighted by molar-refractivity contribution is 0.0476. The topological polar surface area (TPSA) is 78.9 Å². The zero-order valence-electron chi connectivity index (χ0n) is 12.1. The number of likely N-dealkylation sites (tertiary alicyclic amines) is 1. The van der Waals surface area contributed by atoms with E-state index in [1.807, 2.05) is 25.7 Å². The van der Waals surface area contributed by atoms with Crippen LogP contribution in [0, 0.1) is 0 Å². The summed E-state index contributed by atoms with van der Waals surface area (Å²) in [7, 11) is -2.51. The van der Waals surface area contributed by atoms with Gasteiger partial charge in [0, 0.05) is 19.1 Å². The Kier molecular flexibility index (Phi) is 5.83. The smallest absolute Gasteiger partial charge is 0.407 e. The van der Waals surface area contributed by atoms with Crippen LogP contribution in [0.2, 0.25) is 0 Å². The molecule has 0 aromatic carbocycles. The standard InChI is InChI=1S/C12H25N2O4P/c1-9(19(16)17)14-7-5-10(6-8-14)13-11(15)18-12(2,3)4/h9-10,19H,5-8H2,1-4H3,(H,13,15)(H,16,17). The summed E-state index contributed by atoms with van der Waals surface area (Å²) in [5.41, 5.74) is -0.490. The summed E-state index contributed by atoms with van der Waals surface area (Å²) in [5, 5.41) is 2.84. The first kappa shape index (κ1) is 16.5. The summed E-state index contributed by atoms with van der Waals surface area (Å²) in [4.78, 5) is 22.7. The van der Waals surface area contributed by atoms with Gasteiger partial charge in [-0.3, -0.25) is 9.46 Å². The highest BCUT2D eigenvalue weighted by Crippen LogP contribution is 2.27. The first-order valence-corrected chi connectivity index (χ1v) is 8.08. The van der Waals surface area contributed by atoms with E-state index in [1.165, 1.54) is 0 Å². The fourth-order valence-electron chi connectivity index (χ4n) is 2.06. The Morgan fingerprint density at radius 3 is 2.37 bits per heavy atom. The molecule has 0 radical (unpaired) electrons. The average Bonchev–Trinajstić information content (AvgIpc) is 2.26. The minimum atomic E-state index is -2.51. The number of carbonyl (C=O) groups is 1. The summed E-state index contributed by atoms with van der Waals surface area (Å²) in [6, 6.07) is 0.0827. The van der Waals surface area contributed by atoms with Crippen molar-refractivity contribution in [1.29, 1.82) is 0 Å². The average molecular weight is 292 g/mol. The van der Waals surface area contributed by atoms with Crippen LogP contribution in [-0.4, -0.2) is 46.4 Å². The molecule has 0 bridgehead atoms. The van der Waals surface area contributed by atoms with Gasteiger partial charge in [-0.2, -0.15) is 0 Å². The highest BCUT2D eigenvalue weighted by molar-refractivity contribution is 7.38. The van der Waals surface area contributed by atoms with Crippen molar-refractivity contribution in [3.63, 3.8) is 0 Å². The van der Waals surface area contributed by atoms with E-state index in [4.69, 9.17) is 9.63 Å². The minimum Gasteiger partial charge on any atom is -0.444 e. The molecule has 1 rings (SSSR count). The van der Waals surface area contributed by atoms with Crippen LogP contribution in [0.5, 0.6) is 0 Å². The van der Waals surface area contributed by atoms with Crippen LogP contribution in [0.15, 0.2) is 0 Å². The largest absolute Gasteiger partial charge is 0.444 e. The van der Waals surface area contributed by atoms with Crippen LogP contribution < -0.4 is 5.32 Å². The number of hydrogen-bond donors (Lipinski definition) is 2. The van der Waals surface area contributed by atoms with E-state index in [2.05, 4.69) is 5.32 Å². The fraction of sp³-hybridized carbons (Fsp3) is 0.917. The zero-order chi connectivity index (χ0) is 14.6. The van der Waals surface area contributed by atoms with Gasteiger partial charge in [-0.15, -0.1) is 0 Å². The molecule has 0 spiro atoms. The molecule has 1 saturated heterocycles. The fourth-order valence-corrected chi connectivity index (χ4v) is 2.63. The maximum Gasteiger partial charge on any atom is 0.407 e. The number of hydrogen-bond acceptors (Lipinski definition) is 4. The van der Waals surface area contributed by atoms with E-state index < -0.39 is 19.7 Å². The van der Waals surface area contributed by atoms with Gasteiger partial charge >= 0.3 is 6.09 Å². The maximum absolute atomic E-state index is 11.6. The van der Waals surface area contributed by atoms with Gasteiger partial charge < -0.3 is 14.9 Å². The Labute approximate surface area is 115 Å². The van der Waals surface area contributed by atoms with E-state index in [1.54, 1.807) is 6.92 Å². The Morgan fingerprint density at radius 1 is 1.42 bits per heavy atom. The van der Waals surface area contributed by atoms with Crippen LogP contribution >= 0.6 is 8.03 Å². The molecule has 2 atom stereocenters. The van der Waals surface area contributed by atoms with E-state index in [9.17, 15) is 9.36 Å². The molecular formula is C12H25N2O4P. The van der Waals surface area contributed by atoms with E-state index >= 15 is 0 Å². The molecule has 1 fully saturated rings. The van der Waals surface area contributed by atoms with Crippen molar-refractivity contribution in [3.05, 3.63) is 0 Å². The molecule has 0 aliphatic carbocycles. The molecule has 1 amide bonds. The molecule has 1 aliphatic rings. The van der Waals surface area contributed by atoms with Crippen LogP contribution in [0.3, 0.4) is 0 Å². The molecule has 1 heterocycles. The van der Waals surface area contributed by atoms with E-state index in [0.717, 1.165) is 25.9 Å². The number of nitrogens with zero attached hydrogens (tertiary/aromatic N) is 1. The third kappa shape index (κ3) is 5.93. The SMILES string of the molecule is CC(N1CCC(NC(=O)OC(C)(C)C)CC1)[PH](=O)O. The van der Waals surface area contributed by atoms with Crippen molar-refractivity contribution in [1.82, 2.24) is 10.2 Å². The van der Waals surface area contributed by atoms with Crippen molar-refractivity contribution in [2.45, 2.75) is 58.0 Å². The number of rotatable bonds is 3. The van der Waals surface area contributed by atoms with Gasteiger partial charge in [0.05, 0.1) is 5.78 Å². The van der Waals surface area contributed by atoms with Gasteiger partial charge in [-0.25, -0.2) is 4.79 Å². The van der Waals surface area contributed by atoms with Crippen molar-refractivity contribution in [2.24, 2.45) is 0 Å². The van der Waals surface area contributed by atoms with E-state index in [-0.39, 0.29) is 11.8 Å². The van der Waals surface area contributed by atoms with E-state index in [0.29, 0.717) is 0 Å². The van der Waals surface area contributed by atoms with Crippen LogP contribution in [0.1, 0.15) is 40.5 Å². The second-order valence-corrected chi connectivity index (χ2v) is 7.48. The van der Waals surface area contributed by atoms with Crippen molar-refractivity contribution in [3.8, 4) is 0 Å². The molecule has 2 N–H and O–H groups in total. The van der Waals surface area contributed by atoms with Crippen molar-refractivity contribution < 1.29 is 19.0 Å². The van der Waals surface area contributed by atoms with Gasteiger partial charge in [0.1, 0.15) is 5.60 Å². The zero-order valence-corrected chi connectivity index (χ0v) is 13.1. The third-order valence-electron chi connectivity index (χ3n) is 3.16. The number of nitrogens with one attached hydrogen (secondary N) is 1. The predicted molar refractivity (Wildman–Crippen MR) is 74.6 cm³/mol. The molecular weight excluding hydrogens is 267 g/mol. The van der Waals surface area contributed by atoms with Gasteiger partial charge in [-0.1, -0.05) is 0 Å². The highest BCUT2D eigenvalue weighted by atomic mass is 31.1. The Bertz CT molecular complexity index is 335. The van der Waals surface area contributed by atoms with Gasteiger partial charge in [0.2, 0.25) is 8.03 Å². The summed E-state index contributed by atoms with van der Waals surface area (Å²) < 4.78 is 16.3. The maximum atomic E-state index is 11.6. The number of piperidine rings is 1. The quantitative estimate of drug-likeness (QED) is 0.775. The van der Waals surface area contributed by atoms with Crippen LogP contribution in [-0.2, 0) is 9.30 Å². The predicted octanol–water partition coefficient (Wildman–Crippen LogP) is 1.79. The third-order valence-corrected chi connectivity index (χ3v) is 4.24. The lowest BCUT2D eigenvalue weighted by Crippen LogP contribution is -2.47. The van der Waals surface area contributed by atoms with Gasteiger partial charge in [-0.05, 0) is 40.5 Å².